The summed E-state index contributed by atoms with van der Waals surface area (Å²) in [6.07, 6.45) is 1.65. The first-order valence-corrected chi connectivity index (χ1v) is 8.15. The van der Waals surface area contributed by atoms with Crippen LogP contribution in [0.4, 0.5) is 4.39 Å². The predicted octanol–water partition coefficient (Wildman–Crippen LogP) is 3.21. The number of pyridine rings is 1. The van der Waals surface area contributed by atoms with E-state index in [-0.39, 0.29) is 11.1 Å². The van der Waals surface area contributed by atoms with Crippen molar-refractivity contribution in [1.82, 2.24) is 24.4 Å². The summed E-state index contributed by atoms with van der Waals surface area (Å²) in [6, 6.07) is 7.15. The van der Waals surface area contributed by atoms with Crippen LogP contribution >= 0.6 is 22.6 Å². The van der Waals surface area contributed by atoms with Crippen LogP contribution < -0.4 is 0 Å². The molecule has 4 rings (SSSR count). The van der Waals surface area contributed by atoms with Gasteiger partial charge in [0.15, 0.2) is 5.65 Å². The van der Waals surface area contributed by atoms with Gasteiger partial charge in [0.05, 0.1) is 32.1 Å². The van der Waals surface area contributed by atoms with E-state index in [9.17, 15) is 5.26 Å². The molecule has 4 aromatic rings. The van der Waals surface area contributed by atoms with Crippen LogP contribution in [0.1, 0.15) is 11.4 Å². The van der Waals surface area contributed by atoms with Gasteiger partial charge in [0.25, 0.3) is 0 Å². The van der Waals surface area contributed by atoms with Gasteiger partial charge in [-0.1, -0.05) is 0 Å². The van der Waals surface area contributed by atoms with Gasteiger partial charge in [-0.05, 0) is 47.7 Å². The minimum Gasteiger partial charge on any atom is -0.279 e. The van der Waals surface area contributed by atoms with Crippen LogP contribution in [-0.4, -0.2) is 24.4 Å². The van der Waals surface area contributed by atoms with Gasteiger partial charge in [-0.2, -0.15) is 10.4 Å². The van der Waals surface area contributed by atoms with Gasteiger partial charge in [0.1, 0.15) is 17.7 Å². The number of aryl methyl sites for hydroxylation is 2. The van der Waals surface area contributed by atoms with Gasteiger partial charge in [0.2, 0.25) is 0 Å². The standard InChI is InChI=1S/C16H10FIN6/c1-8-21-22-14-4-3-9-10(6-19)15(11(17)5-13(9)24(8)14)16-12(18)7-20-23(16)2/h3-5,7H,1-2H3. The number of hydrogen-bond acceptors (Lipinski definition) is 4. The van der Waals surface area contributed by atoms with E-state index in [1.54, 1.807) is 41.4 Å². The molecule has 24 heavy (non-hydrogen) atoms. The third kappa shape index (κ3) is 1.94. The molecule has 0 saturated heterocycles. The minimum absolute atomic E-state index is 0.263. The third-order valence-electron chi connectivity index (χ3n) is 4.03. The van der Waals surface area contributed by atoms with Crippen LogP contribution in [0.3, 0.4) is 0 Å². The van der Waals surface area contributed by atoms with E-state index in [0.29, 0.717) is 28.1 Å². The molecule has 0 fully saturated rings. The van der Waals surface area contributed by atoms with Gasteiger partial charge in [0, 0.05) is 12.4 Å². The van der Waals surface area contributed by atoms with Gasteiger partial charge in [-0.3, -0.25) is 9.08 Å². The first-order valence-electron chi connectivity index (χ1n) is 7.08. The second-order valence-electron chi connectivity index (χ2n) is 5.39. The molecule has 0 unspecified atom stereocenters. The number of nitriles is 1. The summed E-state index contributed by atoms with van der Waals surface area (Å²) in [5.41, 5.74) is 2.32. The fourth-order valence-electron chi connectivity index (χ4n) is 2.99. The Kier molecular flexibility index (Phi) is 3.28. The summed E-state index contributed by atoms with van der Waals surface area (Å²) in [5.74, 6) is 0.169. The van der Waals surface area contributed by atoms with Gasteiger partial charge >= 0.3 is 0 Å². The molecule has 0 N–H and O–H groups in total. The van der Waals surface area contributed by atoms with E-state index in [1.807, 2.05) is 0 Å². The van der Waals surface area contributed by atoms with Crippen LogP contribution in [0.5, 0.6) is 0 Å². The molecule has 6 nitrogen and oxygen atoms in total. The Morgan fingerprint density at radius 1 is 1.29 bits per heavy atom. The lowest BCUT2D eigenvalue weighted by molar-refractivity contribution is 0.628. The third-order valence-corrected chi connectivity index (χ3v) is 4.82. The second-order valence-corrected chi connectivity index (χ2v) is 6.55. The van der Waals surface area contributed by atoms with Crippen molar-refractivity contribution in [2.45, 2.75) is 6.92 Å². The molecule has 0 aliphatic heterocycles. The highest BCUT2D eigenvalue weighted by atomic mass is 127. The molecule has 3 heterocycles. The quantitative estimate of drug-likeness (QED) is 0.433. The molecule has 1 aromatic carbocycles. The van der Waals surface area contributed by atoms with E-state index < -0.39 is 5.82 Å². The van der Waals surface area contributed by atoms with Gasteiger partial charge in [-0.25, -0.2) is 4.39 Å². The normalized spacial score (nSPS) is 11.3. The van der Waals surface area contributed by atoms with Crippen LogP contribution in [0.2, 0.25) is 0 Å². The number of fused-ring (bicyclic) bond motifs is 3. The minimum atomic E-state index is -0.471. The molecule has 0 saturated carbocycles. The zero-order valence-corrected chi connectivity index (χ0v) is 14.9. The Bertz CT molecular complexity index is 1150. The van der Waals surface area contributed by atoms with Crippen molar-refractivity contribution in [3.8, 4) is 17.3 Å². The van der Waals surface area contributed by atoms with E-state index in [1.165, 1.54) is 6.07 Å². The molecule has 0 spiro atoms. The molecule has 3 aromatic heterocycles. The Morgan fingerprint density at radius 2 is 2.08 bits per heavy atom. The van der Waals surface area contributed by atoms with Crippen molar-refractivity contribution in [3.63, 3.8) is 0 Å². The Morgan fingerprint density at radius 3 is 2.75 bits per heavy atom. The summed E-state index contributed by atoms with van der Waals surface area (Å²) >= 11 is 2.09. The van der Waals surface area contributed by atoms with Crippen molar-refractivity contribution in [3.05, 3.63) is 45.2 Å². The molecule has 0 radical (unpaired) electrons. The highest BCUT2D eigenvalue weighted by Crippen LogP contribution is 2.35. The summed E-state index contributed by atoms with van der Waals surface area (Å²) in [6.45, 7) is 1.79. The SMILES string of the molecule is Cc1nnc2ccc3c(C#N)c(-c4c(I)cnn4C)c(F)cc3n12. The summed E-state index contributed by atoms with van der Waals surface area (Å²) in [7, 11) is 1.73. The molecular weight excluding hydrogens is 422 g/mol. The fourth-order valence-corrected chi connectivity index (χ4v) is 3.73. The molecular formula is C16H10FIN6. The fraction of sp³-hybridized carbons (Fsp3) is 0.125. The van der Waals surface area contributed by atoms with E-state index in [4.69, 9.17) is 0 Å². The highest BCUT2D eigenvalue weighted by molar-refractivity contribution is 14.1. The molecule has 0 amide bonds. The molecule has 0 aliphatic rings. The molecule has 0 atom stereocenters. The smallest absolute Gasteiger partial charge is 0.161 e. The predicted molar refractivity (Wildman–Crippen MR) is 94.8 cm³/mol. The molecule has 118 valence electrons. The Hall–Kier alpha value is -2.54. The van der Waals surface area contributed by atoms with Crippen LogP contribution in [0, 0.1) is 27.6 Å². The molecule has 0 aliphatic carbocycles. The first-order chi connectivity index (χ1) is 11.5. The first kappa shape index (κ1) is 15.0. The highest BCUT2D eigenvalue weighted by Gasteiger charge is 2.22. The van der Waals surface area contributed by atoms with Crippen molar-refractivity contribution >= 4 is 39.1 Å². The van der Waals surface area contributed by atoms with E-state index in [2.05, 4.69) is 44.0 Å². The monoisotopic (exact) mass is 432 g/mol. The van der Waals surface area contributed by atoms with Crippen molar-refractivity contribution in [1.29, 1.82) is 5.26 Å². The lowest BCUT2D eigenvalue weighted by Gasteiger charge is -2.12. The molecule has 8 heteroatoms. The summed E-state index contributed by atoms with van der Waals surface area (Å²) in [4.78, 5) is 0. The zero-order valence-electron chi connectivity index (χ0n) is 12.7. The lowest BCUT2D eigenvalue weighted by Crippen LogP contribution is -2.02. The topological polar surface area (TPSA) is 71.8 Å². The number of hydrogen-bond donors (Lipinski definition) is 0. The van der Waals surface area contributed by atoms with Crippen molar-refractivity contribution in [2.24, 2.45) is 7.05 Å². The van der Waals surface area contributed by atoms with Crippen LogP contribution in [0.25, 0.3) is 27.8 Å². The van der Waals surface area contributed by atoms with E-state index in [0.717, 1.165) is 3.57 Å². The maximum atomic E-state index is 15.0. The van der Waals surface area contributed by atoms with Crippen molar-refractivity contribution < 1.29 is 4.39 Å². The van der Waals surface area contributed by atoms with Crippen molar-refractivity contribution in [2.75, 3.05) is 0 Å². The lowest BCUT2D eigenvalue weighted by atomic mass is 9.99. The second kappa shape index (κ2) is 5.24. The maximum absolute atomic E-state index is 15.0. The summed E-state index contributed by atoms with van der Waals surface area (Å²) in [5, 5.41) is 22.6. The molecule has 0 bridgehead atoms. The summed E-state index contributed by atoms with van der Waals surface area (Å²) < 4.78 is 19.1. The average Bonchev–Trinajstić information content (AvgIpc) is 3.09. The average molecular weight is 432 g/mol. The number of benzene rings is 1. The Labute approximate surface area is 149 Å². The Balaban J connectivity index is 2.22. The number of halogens is 2. The number of rotatable bonds is 1. The van der Waals surface area contributed by atoms with E-state index >= 15 is 4.39 Å². The van der Waals surface area contributed by atoms with Gasteiger partial charge in [-0.15, -0.1) is 10.2 Å². The van der Waals surface area contributed by atoms with Crippen LogP contribution in [0.15, 0.2) is 24.4 Å². The van der Waals surface area contributed by atoms with Crippen LogP contribution in [-0.2, 0) is 7.05 Å². The zero-order chi connectivity index (χ0) is 17.0. The maximum Gasteiger partial charge on any atom is 0.161 e. The number of aromatic nitrogens is 5. The van der Waals surface area contributed by atoms with Gasteiger partial charge < -0.3 is 0 Å². The number of nitrogens with zero attached hydrogens (tertiary/aromatic N) is 6. The largest absolute Gasteiger partial charge is 0.279 e.